The number of aryl methyl sites for hydroxylation is 4. The van der Waals surface area contributed by atoms with Crippen molar-refractivity contribution in [3.63, 3.8) is 0 Å². The zero-order valence-electron chi connectivity index (χ0n) is 17.1. The fourth-order valence-electron chi connectivity index (χ4n) is 2.98. The first kappa shape index (κ1) is 20.0. The summed E-state index contributed by atoms with van der Waals surface area (Å²) in [4.78, 5) is 37.0. The number of thioether (sulfide) groups is 1. The van der Waals surface area contributed by atoms with Gasteiger partial charge < -0.3 is 0 Å². The summed E-state index contributed by atoms with van der Waals surface area (Å²) in [6, 6.07) is 7.43. The maximum Gasteiger partial charge on any atom is 0.252 e. The molecule has 3 heterocycles. The van der Waals surface area contributed by atoms with Crippen LogP contribution in [0, 0.1) is 27.7 Å². The van der Waals surface area contributed by atoms with Crippen molar-refractivity contribution in [3.8, 4) is 0 Å². The molecular weight excluding hydrogens is 398 g/mol. The maximum absolute atomic E-state index is 12.1. The average molecular weight is 420 g/mol. The van der Waals surface area contributed by atoms with Gasteiger partial charge in [0.25, 0.3) is 5.56 Å². The van der Waals surface area contributed by atoms with Crippen molar-refractivity contribution in [2.75, 3.05) is 5.32 Å². The lowest BCUT2D eigenvalue weighted by molar-refractivity contribution is 0.929. The fraction of sp³-hybridized carbons (Fsp3) is 0.238. The maximum atomic E-state index is 12.1. The van der Waals surface area contributed by atoms with Crippen LogP contribution in [0.3, 0.4) is 0 Å². The first-order valence-corrected chi connectivity index (χ1v) is 10.4. The first-order valence-electron chi connectivity index (χ1n) is 9.43. The molecular formula is C21H21N7OS. The first-order chi connectivity index (χ1) is 14.4. The molecule has 4 rings (SSSR count). The van der Waals surface area contributed by atoms with E-state index in [2.05, 4.69) is 55.1 Å². The van der Waals surface area contributed by atoms with E-state index in [4.69, 9.17) is 0 Å². The largest absolute Gasteiger partial charge is 0.294 e. The van der Waals surface area contributed by atoms with Crippen LogP contribution in [0.1, 0.15) is 28.2 Å². The van der Waals surface area contributed by atoms with Gasteiger partial charge in [0, 0.05) is 29.1 Å². The predicted octanol–water partition coefficient (Wildman–Crippen LogP) is 3.77. The van der Waals surface area contributed by atoms with Crippen LogP contribution in [-0.4, -0.2) is 29.9 Å². The molecule has 3 aromatic heterocycles. The molecule has 0 bridgehead atoms. The van der Waals surface area contributed by atoms with Gasteiger partial charge in [0.2, 0.25) is 11.9 Å². The van der Waals surface area contributed by atoms with E-state index in [9.17, 15) is 4.79 Å². The third kappa shape index (κ3) is 4.46. The highest BCUT2D eigenvalue weighted by Gasteiger charge is 2.09. The number of hydrogen-bond acceptors (Lipinski definition) is 8. The SMILES string of the molecule is Cc1ccnc(SCc2cc(=O)[nH]c(Nc3nc(C)c4cc(C)c(C)cc4n3)n2)n1. The minimum Gasteiger partial charge on any atom is -0.294 e. The lowest BCUT2D eigenvalue weighted by atomic mass is 10.1. The number of hydrogen-bond donors (Lipinski definition) is 2. The summed E-state index contributed by atoms with van der Waals surface area (Å²) < 4.78 is 0. The zero-order chi connectivity index (χ0) is 21.3. The molecule has 0 unspecified atom stereocenters. The molecule has 0 aliphatic carbocycles. The molecule has 0 aliphatic rings. The molecule has 2 N–H and O–H groups in total. The number of fused-ring (bicyclic) bond motifs is 1. The predicted molar refractivity (Wildman–Crippen MR) is 118 cm³/mol. The number of aromatic nitrogens is 6. The van der Waals surface area contributed by atoms with Crippen LogP contribution in [0.4, 0.5) is 11.9 Å². The van der Waals surface area contributed by atoms with Crippen molar-refractivity contribution in [1.29, 1.82) is 0 Å². The van der Waals surface area contributed by atoms with Gasteiger partial charge in [0.1, 0.15) is 0 Å². The van der Waals surface area contributed by atoms with E-state index in [0.29, 0.717) is 28.5 Å². The molecule has 1 aromatic carbocycles. The second-order valence-electron chi connectivity index (χ2n) is 7.07. The number of benzene rings is 1. The van der Waals surface area contributed by atoms with Gasteiger partial charge in [-0.15, -0.1) is 0 Å². The van der Waals surface area contributed by atoms with Crippen LogP contribution in [0.2, 0.25) is 0 Å². The van der Waals surface area contributed by atoms with Gasteiger partial charge in [0.05, 0.1) is 16.9 Å². The summed E-state index contributed by atoms with van der Waals surface area (Å²) in [5, 5.41) is 4.68. The van der Waals surface area contributed by atoms with E-state index in [1.54, 1.807) is 6.20 Å². The van der Waals surface area contributed by atoms with E-state index < -0.39 is 0 Å². The van der Waals surface area contributed by atoms with E-state index in [-0.39, 0.29) is 5.56 Å². The van der Waals surface area contributed by atoms with Gasteiger partial charge >= 0.3 is 0 Å². The zero-order valence-corrected chi connectivity index (χ0v) is 18.0. The molecule has 0 saturated carbocycles. The molecule has 0 fully saturated rings. The van der Waals surface area contributed by atoms with E-state index >= 15 is 0 Å². The number of H-pyrrole nitrogens is 1. The normalized spacial score (nSPS) is 11.1. The monoisotopic (exact) mass is 419 g/mol. The topological polar surface area (TPSA) is 109 Å². The van der Waals surface area contributed by atoms with Crippen molar-refractivity contribution in [2.24, 2.45) is 0 Å². The molecule has 0 saturated heterocycles. The Morgan fingerprint density at radius 3 is 2.60 bits per heavy atom. The summed E-state index contributed by atoms with van der Waals surface area (Å²) in [6.45, 7) is 7.97. The molecule has 0 spiro atoms. The molecule has 30 heavy (non-hydrogen) atoms. The minimum atomic E-state index is -0.253. The number of rotatable bonds is 5. The Labute approximate surface area is 177 Å². The van der Waals surface area contributed by atoms with Crippen molar-refractivity contribution >= 4 is 34.6 Å². The van der Waals surface area contributed by atoms with Crippen molar-refractivity contribution < 1.29 is 0 Å². The van der Waals surface area contributed by atoms with Crippen LogP contribution < -0.4 is 10.9 Å². The van der Waals surface area contributed by atoms with Crippen molar-refractivity contribution in [2.45, 2.75) is 38.6 Å². The Morgan fingerprint density at radius 2 is 1.80 bits per heavy atom. The number of nitrogens with zero attached hydrogens (tertiary/aromatic N) is 5. The summed E-state index contributed by atoms with van der Waals surface area (Å²) in [7, 11) is 0. The van der Waals surface area contributed by atoms with Gasteiger partial charge in [-0.1, -0.05) is 11.8 Å². The van der Waals surface area contributed by atoms with Crippen LogP contribution in [-0.2, 0) is 5.75 Å². The Balaban J connectivity index is 1.59. The van der Waals surface area contributed by atoms with Gasteiger partial charge in [0.15, 0.2) is 5.16 Å². The molecule has 0 atom stereocenters. The van der Waals surface area contributed by atoms with E-state index in [1.807, 2.05) is 26.0 Å². The summed E-state index contributed by atoms with van der Waals surface area (Å²) in [5.41, 5.74) is 5.31. The summed E-state index contributed by atoms with van der Waals surface area (Å²) >= 11 is 1.42. The van der Waals surface area contributed by atoms with Gasteiger partial charge in [-0.3, -0.25) is 15.1 Å². The second-order valence-corrected chi connectivity index (χ2v) is 8.01. The number of aromatic amines is 1. The molecule has 8 nitrogen and oxygen atoms in total. The standard InChI is InChI=1S/C21H21N7OS/c1-11-7-16-14(4)24-19(26-17(16)8-12(11)2)28-20-25-15(9-18(29)27-20)10-30-21-22-6-5-13(3)23-21/h5-9H,10H2,1-4H3,(H2,24,25,26,27,28,29). The second kappa shape index (κ2) is 8.19. The molecule has 9 heteroatoms. The Kier molecular flexibility index (Phi) is 5.45. The molecule has 0 amide bonds. The highest BCUT2D eigenvalue weighted by atomic mass is 32.2. The lowest BCUT2D eigenvalue weighted by Gasteiger charge is -2.10. The lowest BCUT2D eigenvalue weighted by Crippen LogP contribution is -2.13. The third-order valence-electron chi connectivity index (χ3n) is 4.65. The Morgan fingerprint density at radius 1 is 1.00 bits per heavy atom. The summed E-state index contributed by atoms with van der Waals surface area (Å²) in [5.74, 6) is 1.15. The molecule has 0 aliphatic heterocycles. The number of nitrogens with one attached hydrogen (secondary N) is 2. The third-order valence-corrected chi connectivity index (χ3v) is 5.54. The van der Waals surface area contributed by atoms with Crippen LogP contribution in [0.15, 0.2) is 40.4 Å². The van der Waals surface area contributed by atoms with Crippen molar-refractivity contribution in [3.05, 3.63) is 69.0 Å². The molecule has 4 aromatic rings. The molecule has 0 radical (unpaired) electrons. The Bertz CT molecular complexity index is 1300. The highest BCUT2D eigenvalue weighted by Crippen LogP contribution is 2.22. The minimum absolute atomic E-state index is 0.253. The van der Waals surface area contributed by atoms with E-state index in [0.717, 1.165) is 27.9 Å². The number of anilines is 2. The summed E-state index contributed by atoms with van der Waals surface area (Å²) in [6.07, 6.45) is 1.71. The van der Waals surface area contributed by atoms with Gasteiger partial charge in [-0.05, 0) is 57.0 Å². The smallest absolute Gasteiger partial charge is 0.252 e. The highest BCUT2D eigenvalue weighted by molar-refractivity contribution is 7.98. The van der Waals surface area contributed by atoms with Crippen LogP contribution in [0.25, 0.3) is 10.9 Å². The quantitative estimate of drug-likeness (QED) is 0.372. The van der Waals surface area contributed by atoms with Gasteiger partial charge in [-0.2, -0.15) is 0 Å². The van der Waals surface area contributed by atoms with Gasteiger partial charge in [-0.25, -0.2) is 24.9 Å². The molecule has 152 valence electrons. The van der Waals surface area contributed by atoms with Crippen LogP contribution >= 0.6 is 11.8 Å². The average Bonchev–Trinajstić information content (AvgIpc) is 2.68. The fourth-order valence-corrected chi connectivity index (χ4v) is 3.75. The van der Waals surface area contributed by atoms with Crippen molar-refractivity contribution in [1.82, 2.24) is 29.9 Å². The Hall–Kier alpha value is -3.33. The van der Waals surface area contributed by atoms with E-state index in [1.165, 1.54) is 23.4 Å². The van der Waals surface area contributed by atoms with Crippen LogP contribution in [0.5, 0.6) is 0 Å².